The second kappa shape index (κ2) is 9.11. The molecule has 8 heteroatoms. The molecule has 1 N–H and O–H groups in total. The minimum absolute atomic E-state index is 0.0299. The summed E-state index contributed by atoms with van der Waals surface area (Å²) in [5.41, 5.74) is 2.17. The zero-order valence-corrected chi connectivity index (χ0v) is 17.9. The highest BCUT2D eigenvalue weighted by atomic mass is 32.2. The molecule has 0 fully saturated rings. The summed E-state index contributed by atoms with van der Waals surface area (Å²) in [6.07, 6.45) is 0. The number of carbonyl (C=O) groups excluding carboxylic acids is 1. The first-order valence-corrected chi connectivity index (χ1v) is 11.7. The summed E-state index contributed by atoms with van der Waals surface area (Å²) in [6, 6.07) is 24.0. The van der Waals surface area contributed by atoms with Gasteiger partial charge >= 0.3 is 5.97 Å². The number of rotatable bonds is 7. The number of hydrogen-bond acceptors (Lipinski definition) is 6. The number of hydrogen-bond donors (Lipinski definition) is 1. The molecule has 0 aliphatic heterocycles. The van der Waals surface area contributed by atoms with Gasteiger partial charge in [-0.25, -0.2) is 18.2 Å². The normalized spacial score (nSPS) is 11.1. The Balaban J connectivity index is 1.41. The van der Waals surface area contributed by atoms with Gasteiger partial charge in [-0.15, -0.1) is 11.3 Å². The smallest absolute Gasteiger partial charge is 0.338 e. The summed E-state index contributed by atoms with van der Waals surface area (Å²) in [5, 5.41) is 2.70. The predicted molar refractivity (Wildman–Crippen MR) is 120 cm³/mol. The molecule has 156 valence electrons. The molecule has 6 nitrogen and oxygen atoms in total. The highest BCUT2D eigenvalue weighted by Crippen LogP contribution is 2.24. The fourth-order valence-electron chi connectivity index (χ4n) is 2.83. The largest absolute Gasteiger partial charge is 0.456 e. The van der Waals surface area contributed by atoms with E-state index in [-0.39, 0.29) is 22.8 Å². The molecular formula is C23H18N2O4S2. The molecule has 0 spiro atoms. The quantitative estimate of drug-likeness (QED) is 0.402. The molecule has 0 atom stereocenters. The maximum absolute atomic E-state index is 12.5. The van der Waals surface area contributed by atoms with Crippen molar-refractivity contribution in [3.05, 3.63) is 102 Å². The van der Waals surface area contributed by atoms with E-state index in [1.54, 1.807) is 36.4 Å². The minimum Gasteiger partial charge on any atom is -0.456 e. The van der Waals surface area contributed by atoms with Gasteiger partial charge in [-0.3, -0.25) is 4.72 Å². The van der Waals surface area contributed by atoms with E-state index in [0.29, 0.717) is 5.69 Å². The Kier molecular flexibility index (Phi) is 6.11. The summed E-state index contributed by atoms with van der Waals surface area (Å²) in [5.74, 6) is -0.560. The van der Waals surface area contributed by atoms with Crippen molar-refractivity contribution in [2.45, 2.75) is 11.5 Å². The molecule has 1 aromatic heterocycles. The first-order valence-electron chi connectivity index (χ1n) is 9.36. The number of nitrogens with zero attached hydrogens (tertiary/aromatic N) is 1. The van der Waals surface area contributed by atoms with Crippen LogP contribution in [0.1, 0.15) is 16.1 Å². The van der Waals surface area contributed by atoms with Gasteiger partial charge in [0, 0.05) is 16.6 Å². The fraction of sp³-hybridized carbons (Fsp3) is 0.0435. The van der Waals surface area contributed by atoms with Crippen LogP contribution in [-0.2, 0) is 21.4 Å². The number of benzene rings is 3. The van der Waals surface area contributed by atoms with E-state index < -0.39 is 16.0 Å². The zero-order valence-electron chi connectivity index (χ0n) is 16.3. The van der Waals surface area contributed by atoms with Crippen LogP contribution in [0.25, 0.3) is 10.6 Å². The monoisotopic (exact) mass is 450 g/mol. The van der Waals surface area contributed by atoms with Crippen molar-refractivity contribution in [2.24, 2.45) is 0 Å². The van der Waals surface area contributed by atoms with E-state index in [0.717, 1.165) is 10.6 Å². The second-order valence-corrected chi connectivity index (χ2v) is 9.13. The van der Waals surface area contributed by atoms with E-state index in [2.05, 4.69) is 9.71 Å². The lowest BCUT2D eigenvalue weighted by Crippen LogP contribution is -2.13. The molecular weight excluding hydrogens is 432 g/mol. The maximum atomic E-state index is 12.5. The molecule has 0 aliphatic rings. The van der Waals surface area contributed by atoms with Crippen LogP contribution in [0.5, 0.6) is 0 Å². The van der Waals surface area contributed by atoms with Gasteiger partial charge in [0.2, 0.25) is 0 Å². The molecule has 31 heavy (non-hydrogen) atoms. The van der Waals surface area contributed by atoms with Gasteiger partial charge < -0.3 is 4.74 Å². The SMILES string of the molecule is O=C(OCc1csc(-c2ccccc2)n1)c1cccc(NS(=O)(=O)c2ccccc2)c1. The van der Waals surface area contributed by atoms with E-state index >= 15 is 0 Å². The lowest BCUT2D eigenvalue weighted by molar-refractivity contribution is 0.0468. The molecule has 4 rings (SSSR count). The molecule has 0 unspecified atom stereocenters. The summed E-state index contributed by atoms with van der Waals surface area (Å²) in [7, 11) is -3.75. The highest BCUT2D eigenvalue weighted by molar-refractivity contribution is 7.92. The van der Waals surface area contributed by atoms with Crippen LogP contribution >= 0.6 is 11.3 Å². The van der Waals surface area contributed by atoms with Crippen LogP contribution in [0.2, 0.25) is 0 Å². The number of thiazole rings is 1. The van der Waals surface area contributed by atoms with Crippen molar-refractivity contribution in [3.63, 3.8) is 0 Å². The van der Waals surface area contributed by atoms with Crippen molar-refractivity contribution in [1.29, 1.82) is 0 Å². The number of esters is 1. The number of aromatic nitrogens is 1. The second-order valence-electron chi connectivity index (χ2n) is 6.59. The van der Waals surface area contributed by atoms with Crippen LogP contribution in [0.15, 0.2) is 95.2 Å². The number of sulfonamides is 1. The predicted octanol–water partition coefficient (Wildman–Crippen LogP) is 4.97. The Hall–Kier alpha value is -3.49. The summed E-state index contributed by atoms with van der Waals surface area (Å²) in [6.45, 7) is 0.0299. The van der Waals surface area contributed by atoms with Gasteiger partial charge in [-0.05, 0) is 30.3 Å². The average Bonchev–Trinajstić information content (AvgIpc) is 3.28. The summed E-state index contributed by atoms with van der Waals surface area (Å²) >= 11 is 1.48. The number of nitrogens with one attached hydrogen (secondary N) is 1. The van der Waals surface area contributed by atoms with Gasteiger partial charge in [0.25, 0.3) is 10.0 Å². The highest BCUT2D eigenvalue weighted by Gasteiger charge is 2.15. The first kappa shape index (κ1) is 20.8. The molecule has 0 amide bonds. The Bertz CT molecular complexity index is 1290. The lowest BCUT2D eigenvalue weighted by atomic mass is 10.2. The Labute approximate surface area is 184 Å². The third-order valence-corrected chi connectivity index (χ3v) is 6.67. The van der Waals surface area contributed by atoms with E-state index in [4.69, 9.17) is 4.74 Å². The van der Waals surface area contributed by atoms with Gasteiger partial charge in [0.05, 0.1) is 16.2 Å². The van der Waals surface area contributed by atoms with Crippen molar-refractivity contribution in [3.8, 4) is 10.6 Å². The number of ether oxygens (including phenoxy) is 1. The third kappa shape index (κ3) is 5.17. The Morgan fingerprint density at radius 2 is 1.65 bits per heavy atom. The van der Waals surface area contributed by atoms with Crippen molar-refractivity contribution in [1.82, 2.24) is 4.98 Å². The minimum atomic E-state index is -3.75. The van der Waals surface area contributed by atoms with E-state index in [9.17, 15) is 13.2 Å². The number of anilines is 1. The maximum Gasteiger partial charge on any atom is 0.338 e. The van der Waals surface area contributed by atoms with E-state index in [1.165, 1.54) is 29.5 Å². The molecule has 0 saturated heterocycles. The van der Waals surface area contributed by atoms with Crippen LogP contribution in [0.3, 0.4) is 0 Å². The molecule has 0 aliphatic carbocycles. The zero-order chi connectivity index (χ0) is 21.7. The standard InChI is InChI=1S/C23H18N2O4S2/c26-23(29-15-20-16-30-22(24-20)17-8-3-1-4-9-17)18-10-7-11-19(14-18)25-31(27,28)21-12-5-2-6-13-21/h1-14,16,25H,15H2. The average molecular weight is 451 g/mol. The van der Waals surface area contributed by atoms with Gasteiger partial charge in [0.15, 0.2) is 0 Å². The lowest BCUT2D eigenvalue weighted by Gasteiger charge is -2.09. The molecule has 0 saturated carbocycles. The summed E-state index contributed by atoms with van der Waals surface area (Å²) in [4.78, 5) is 17.1. The first-order chi connectivity index (χ1) is 15.0. The number of carbonyl (C=O) groups is 1. The Morgan fingerprint density at radius 1 is 0.935 bits per heavy atom. The van der Waals surface area contributed by atoms with Crippen LogP contribution in [0, 0.1) is 0 Å². The van der Waals surface area contributed by atoms with Crippen LogP contribution in [0.4, 0.5) is 5.69 Å². The van der Waals surface area contributed by atoms with Crippen LogP contribution in [-0.4, -0.2) is 19.4 Å². The van der Waals surface area contributed by atoms with Crippen molar-refractivity contribution >= 4 is 33.0 Å². The van der Waals surface area contributed by atoms with Gasteiger partial charge in [-0.2, -0.15) is 0 Å². The molecule has 3 aromatic carbocycles. The molecule has 0 radical (unpaired) electrons. The molecule has 0 bridgehead atoms. The molecule has 4 aromatic rings. The van der Waals surface area contributed by atoms with Crippen LogP contribution < -0.4 is 4.72 Å². The van der Waals surface area contributed by atoms with Gasteiger partial charge in [-0.1, -0.05) is 54.6 Å². The fourth-order valence-corrected chi connectivity index (χ4v) is 4.71. The summed E-state index contributed by atoms with van der Waals surface area (Å²) < 4.78 is 32.8. The van der Waals surface area contributed by atoms with Gasteiger partial charge in [0.1, 0.15) is 11.6 Å². The van der Waals surface area contributed by atoms with Crippen molar-refractivity contribution < 1.29 is 17.9 Å². The molecule has 1 heterocycles. The van der Waals surface area contributed by atoms with E-state index in [1.807, 2.05) is 35.7 Å². The topological polar surface area (TPSA) is 85.4 Å². The third-order valence-electron chi connectivity index (χ3n) is 4.33. The Morgan fingerprint density at radius 3 is 2.39 bits per heavy atom. The van der Waals surface area contributed by atoms with Crippen molar-refractivity contribution in [2.75, 3.05) is 4.72 Å².